The number of hydrogen-bond acceptors (Lipinski definition) is 5. The highest BCUT2D eigenvalue weighted by molar-refractivity contribution is 9.09. The van der Waals surface area contributed by atoms with E-state index in [1.807, 2.05) is 0 Å². The Morgan fingerprint density at radius 2 is 1.68 bits per heavy atom. The largest absolute Gasteiger partial charge is 0.311 e. The van der Waals surface area contributed by atoms with Crippen LogP contribution in [0, 0.1) is 20.2 Å². The summed E-state index contributed by atoms with van der Waals surface area (Å²) in [4.78, 5) is 33.0. The van der Waals surface area contributed by atoms with Gasteiger partial charge in [0.15, 0.2) is 0 Å². The van der Waals surface area contributed by atoms with E-state index in [0.29, 0.717) is 6.54 Å². The standard InChI is InChI=1S/C10H8BrN3O5/c11-6-1-10(15)12(5-6)7-2-8(13(16)17)4-9(3-7)14(18)19/h2-4,6H,1,5H2. The maximum atomic E-state index is 11.7. The van der Waals surface area contributed by atoms with Gasteiger partial charge in [-0.15, -0.1) is 0 Å². The third kappa shape index (κ3) is 2.70. The van der Waals surface area contributed by atoms with Gasteiger partial charge in [0.25, 0.3) is 11.4 Å². The van der Waals surface area contributed by atoms with Crippen molar-refractivity contribution in [1.29, 1.82) is 0 Å². The minimum absolute atomic E-state index is 0.0571. The number of halogens is 1. The fourth-order valence-corrected chi connectivity index (χ4v) is 2.43. The van der Waals surface area contributed by atoms with Gasteiger partial charge in [-0.2, -0.15) is 0 Å². The Balaban J connectivity index is 2.48. The van der Waals surface area contributed by atoms with E-state index in [1.54, 1.807) is 0 Å². The van der Waals surface area contributed by atoms with Crippen LogP contribution < -0.4 is 4.90 Å². The zero-order chi connectivity index (χ0) is 14.2. The molecule has 100 valence electrons. The van der Waals surface area contributed by atoms with Crippen LogP contribution in [0.25, 0.3) is 0 Å². The summed E-state index contributed by atoms with van der Waals surface area (Å²) >= 11 is 3.28. The lowest BCUT2D eigenvalue weighted by atomic mass is 10.2. The highest BCUT2D eigenvalue weighted by Gasteiger charge is 2.31. The van der Waals surface area contributed by atoms with Crippen molar-refractivity contribution in [2.75, 3.05) is 11.4 Å². The molecule has 0 spiro atoms. The van der Waals surface area contributed by atoms with Crippen LogP contribution in [-0.4, -0.2) is 27.1 Å². The summed E-state index contributed by atoms with van der Waals surface area (Å²) in [5.74, 6) is -0.225. The zero-order valence-electron chi connectivity index (χ0n) is 9.48. The van der Waals surface area contributed by atoms with Crippen LogP contribution in [0.5, 0.6) is 0 Å². The maximum absolute atomic E-state index is 11.7. The predicted octanol–water partition coefficient (Wildman–Crippen LogP) is 2.00. The summed E-state index contributed by atoms with van der Waals surface area (Å²) in [5, 5.41) is 21.5. The molecule has 2 rings (SSSR count). The summed E-state index contributed by atoms with van der Waals surface area (Å²) in [6.45, 7) is 0.331. The topological polar surface area (TPSA) is 107 Å². The number of rotatable bonds is 3. The Morgan fingerprint density at radius 1 is 1.16 bits per heavy atom. The number of hydrogen-bond donors (Lipinski definition) is 0. The molecular formula is C10H8BrN3O5. The van der Waals surface area contributed by atoms with Crippen molar-refractivity contribution < 1.29 is 14.6 Å². The van der Waals surface area contributed by atoms with Crippen molar-refractivity contribution in [3.05, 3.63) is 38.4 Å². The van der Waals surface area contributed by atoms with E-state index >= 15 is 0 Å². The van der Waals surface area contributed by atoms with Crippen molar-refractivity contribution in [2.45, 2.75) is 11.2 Å². The molecule has 1 saturated heterocycles. The molecule has 19 heavy (non-hydrogen) atoms. The fraction of sp³-hybridized carbons (Fsp3) is 0.300. The van der Waals surface area contributed by atoms with Crippen LogP contribution in [0.3, 0.4) is 0 Å². The molecule has 1 fully saturated rings. The Hall–Kier alpha value is -2.03. The molecule has 1 aromatic rings. The Morgan fingerprint density at radius 3 is 2.05 bits per heavy atom. The first-order chi connectivity index (χ1) is 8.88. The molecule has 1 unspecified atom stereocenters. The molecule has 0 bridgehead atoms. The van der Waals surface area contributed by atoms with Crippen LogP contribution in [0.2, 0.25) is 0 Å². The Bertz CT molecular complexity index is 544. The van der Waals surface area contributed by atoms with Crippen molar-refractivity contribution >= 4 is 38.9 Å². The number of nitro benzene ring substituents is 2. The van der Waals surface area contributed by atoms with Crippen LogP contribution in [0.4, 0.5) is 17.1 Å². The molecule has 1 aliphatic heterocycles. The van der Waals surface area contributed by atoms with Crippen LogP contribution in [0.15, 0.2) is 18.2 Å². The first-order valence-corrected chi connectivity index (χ1v) is 6.18. The van der Waals surface area contributed by atoms with Gasteiger partial charge >= 0.3 is 0 Å². The normalized spacial score (nSPS) is 18.7. The number of carbonyl (C=O) groups is 1. The lowest BCUT2D eigenvalue weighted by Gasteiger charge is -2.15. The number of nitrogens with zero attached hydrogens (tertiary/aromatic N) is 3. The van der Waals surface area contributed by atoms with Crippen molar-refractivity contribution in [3.63, 3.8) is 0 Å². The molecule has 1 heterocycles. The molecule has 1 amide bonds. The second kappa shape index (κ2) is 4.92. The smallest absolute Gasteiger partial charge is 0.278 e. The number of carbonyl (C=O) groups excluding carboxylic acids is 1. The molecule has 0 aliphatic carbocycles. The quantitative estimate of drug-likeness (QED) is 0.479. The van der Waals surface area contributed by atoms with E-state index in [4.69, 9.17) is 0 Å². The number of nitro groups is 2. The van der Waals surface area contributed by atoms with Crippen molar-refractivity contribution in [1.82, 2.24) is 0 Å². The van der Waals surface area contributed by atoms with Gasteiger partial charge in [0.05, 0.1) is 21.6 Å². The van der Waals surface area contributed by atoms with E-state index in [9.17, 15) is 25.0 Å². The highest BCUT2D eigenvalue weighted by atomic mass is 79.9. The second-order valence-electron chi connectivity index (χ2n) is 4.03. The molecule has 1 aliphatic rings. The third-order valence-corrected chi connectivity index (χ3v) is 3.31. The first-order valence-electron chi connectivity index (χ1n) is 5.27. The predicted molar refractivity (Wildman–Crippen MR) is 69.4 cm³/mol. The molecule has 0 saturated carbocycles. The molecule has 0 aromatic heterocycles. The Labute approximate surface area is 115 Å². The molecule has 0 N–H and O–H groups in total. The lowest BCUT2D eigenvalue weighted by molar-refractivity contribution is -0.394. The van der Waals surface area contributed by atoms with Gasteiger partial charge in [0.1, 0.15) is 0 Å². The molecule has 1 atom stereocenters. The summed E-state index contributed by atoms with van der Waals surface area (Å²) in [6, 6.07) is 3.20. The summed E-state index contributed by atoms with van der Waals surface area (Å²) in [6.07, 6.45) is 0.260. The third-order valence-electron chi connectivity index (χ3n) is 2.70. The number of anilines is 1. The SMILES string of the molecule is O=C1CC(Br)CN1c1cc([N+](=O)[O-])cc([N+](=O)[O-])c1. The fourth-order valence-electron chi connectivity index (χ4n) is 1.86. The van der Waals surface area contributed by atoms with Gasteiger partial charge < -0.3 is 4.90 Å². The lowest BCUT2D eigenvalue weighted by Crippen LogP contribution is -2.24. The summed E-state index contributed by atoms with van der Waals surface area (Å²) in [7, 11) is 0. The number of amides is 1. The van der Waals surface area contributed by atoms with E-state index in [0.717, 1.165) is 18.2 Å². The summed E-state index contributed by atoms with van der Waals surface area (Å²) < 4.78 is 0. The van der Waals surface area contributed by atoms with E-state index < -0.39 is 21.2 Å². The van der Waals surface area contributed by atoms with Crippen molar-refractivity contribution in [2.24, 2.45) is 0 Å². The van der Waals surface area contributed by atoms with E-state index in [1.165, 1.54) is 4.90 Å². The number of alkyl halides is 1. The maximum Gasteiger partial charge on any atom is 0.278 e. The molecule has 8 nitrogen and oxygen atoms in total. The molecule has 0 radical (unpaired) electrons. The van der Waals surface area contributed by atoms with Crippen LogP contribution >= 0.6 is 15.9 Å². The summed E-state index contributed by atoms with van der Waals surface area (Å²) in [5.41, 5.74) is -0.641. The van der Waals surface area contributed by atoms with E-state index in [2.05, 4.69) is 15.9 Å². The monoisotopic (exact) mass is 329 g/mol. The minimum atomic E-state index is -0.720. The second-order valence-corrected chi connectivity index (χ2v) is 5.32. The van der Waals surface area contributed by atoms with E-state index in [-0.39, 0.29) is 22.8 Å². The molecular weight excluding hydrogens is 322 g/mol. The molecule has 9 heteroatoms. The number of benzene rings is 1. The average molecular weight is 330 g/mol. The average Bonchev–Trinajstić information content (AvgIpc) is 2.67. The van der Waals surface area contributed by atoms with Gasteiger partial charge in [-0.25, -0.2) is 0 Å². The van der Waals surface area contributed by atoms with Crippen LogP contribution in [-0.2, 0) is 4.79 Å². The minimum Gasteiger partial charge on any atom is -0.311 e. The Kier molecular flexibility index (Phi) is 3.47. The molecule has 1 aromatic carbocycles. The van der Waals surface area contributed by atoms with Crippen molar-refractivity contribution in [3.8, 4) is 0 Å². The highest BCUT2D eigenvalue weighted by Crippen LogP contribution is 2.32. The first kappa shape index (κ1) is 13.4. The number of non-ortho nitro benzene ring substituents is 2. The van der Waals surface area contributed by atoms with Gasteiger partial charge in [0.2, 0.25) is 5.91 Å². The van der Waals surface area contributed by atoms with Gasteiger partial charge in [-0.05, 0) is 0 Å². The zero-order valence-corrected chi connectivity index (χ0v) is 11.1. The van der Waals surface area contributed by atoms with Gasteiger partial charge in [-0.3, -0.25) is 25.0 Å². The van der Waals surface area contributed by atoms with Gasteiger partial charge in [0, 0.05) is 29.9 Å². The van der Waals surface area contributed by atoms with Crippen LogP contribution in [0.1, 0.15) is 6.42 Å². The van der Waals surface area contributed by atoms with Gasteiger partial charge in [-0.1, -0.05) is 15.9 Å².